The number of rotatable bonds is 9. The van der Waals surface area contributed by atoms with Crippen LogP contribution in [0.3, 0.4) is 0 Å². The molecule has 0 heterocycles. The average Bonchev–Trinajstić information content (AvgIpc) is 2.78. The zero-order valence-corrected chi connectivity index (χ0v) is 18.8. The fraction of sp³-hybridized carbons (Fsp3) is 0.240. The van der Waals surface area contributed by atoms with Gasteiger partial charge in [-0.25, -0.2) is 0 Å². The summed E-state index contributed by atoms with van der Waals surface area (Å²) in [7, 11) is 0. The summed E-state index contributed by atoms with van der Waals surface area (Å²) in [4.78, 5) is 12.2. The number of hydrogen-bond donors (Lipinski definition) is 1. The van der Waals surface area contributed by atoms with E-state index >= 15 is 0 Å². The summed E-state index contributed by atoms with van der Waals surface area (Å²) in [6.07, 6.45) is 1.07. The lowest BCUT2D eigenvalue weighted by atomic mass is 9.99. The number of nitrogens with one attached hydrogen (secondary N) is 1. The topological polar surface area (TPSA) is 47.6 Å². The van der Waals surface area contributed by atoms with Crippen LogP contribution in [0.4, 0.5) is 5.69 Å². The van der Waals surface area contributed by atoms with Crippen LogP contribution in [0, 0.1) is 0 Å². The van der Waals surface area contributed by atoms with E-state index < -0.39 is 0 Å². The van der Waals surface area contributed by atoms with E-state index in [1.54, 1.807) is 0 Å². The Hall–Kier alpha value is -2.79. The van der Waals surface area contributed by atoms with Crippen molar-refractivity contribution in [2.24, 2.45) is 0 Å². The molecule has 0 bridgehead atoms. The maximum atomic E-state index is 12.2. The van der Waals surface area contributed by atoms with E-state index in [2.05, 4.69) is 41.2 Å². The molecule has 4 nitrogen and oxygen atoms in total. The van der Waals surface area contributed by atoms with Crippen molar-refractivity contribution in [1.29, 1.82) is 0 Å². The molecular formula is C25H26BrNO3. The van der Waals surface area contributed by atoms with Crippen LogP contribution < -0.4 is 14.8 Å². The van der Waals surface area contributed by atoms with Gasteiger partial charge in [0.15, 0.2) is 6.61 Å². The van der Waals surface area contributed by atoms with Crippen LogP contribution in [0.5, 0.6) is 11.5 Å². The number of carbonyl (C=O) groups is 1. The summed E-state index contributed by atoms with van der Waals surface area (Å²) in [5.74, 6) is 1.67. The van der Waals surface area contributed by atoms with Crippen LogP contribution >= 0.6 is 15.9 Å². The molecule has 0 aliphatic carbocycles. The standard InChI is InChI=1S/C25H26BrNO3/c1-3-18(2)20-9-14-24(23(26)15-20)30-17-25(28)27-21-10-12-22(13-11-21)29-16-19-7-5-4-6-8-19/h4-15,18H,3,16-17H2,1-2H3,(H,27,28). The van der Waals surface area contributed by atoms with Crippen molar-refractivity contribution in [1.82, 2.24) is 0 Å². The number of ether oxygens (including phenoxy) is 2. The van der Waals surface area contributed by atoms with Gasteiger partial charge < -0.3 is 14.8 Å². The molecule has 30 heavy (non-hydrogen) atoms. The molecule has 0 saturated heterocycles. The molecule has 156 valence electrons. The zero-order valence-electron chi connectivity index (χ0n) is 17.2. The molecule has 1 amide bonds. The quantitative estimate of drug-likeness (QED) is 0.387. The highest BCUT2D eigenvalue weighted by atomic mass is 79.9. The van der Waals surface area contributed by atoms with Crippen molar-refractivity contribution in [2.75, 3.05) is 11.9 Å². The Labute approximate surface area is 186 Å². The van der Waals surface area contributed by atoms with Crippen molar-refractivity contribution in [3.05, 3.63) is 88.4 Å². The first kappa shape index (κ1) is 21.9. The maximum absolute atomic E-state index is 12.2. The number of amides is 1. The first-order valence-electron chi connectivity index (χ1n) is 10.0. The third-order valence-electron chi connectivity index (χ3n) is 4.88. The van der Waals surface area contributed by atoms with E-state index in [4.69, 9.17) is 9.47 Å². The van der Waals surface area contributed by atoms with E-state index in [0.29, 0.717) is 24.0 Å². The number of benzene rings is 3. The monoisotopic (exact) mass is 467 g/mol. The fourth-order valence-corrected chi connectivity index (χ4v) is 3.40. The first-order chi connectivity index (χ1) is 14.5. The Morgan fingerprint density at radius 2 is 1.73 bits per heavy atom. The first-order valence-corrected chi connectivity index (χ1v) is 10.8. The summed E-state index contributed by atoms with van der Waals surface area (Å²) < 4.78 is 12.3. The molecule has 3 aromatic rings. The molecule has 0 spiro atoms. The number of anilines is 1. The molecule has 1 atom stereocenters. The van der Waals surface area contributed by atoms with Crippen LogP contribution in [0.15, 0.2) is 77.3 Å². The minimum atomic E-state index is -0.217. The Morgan fingerprint density at radius 1 is 1.00 bits per heavy atom. The number of hydrogen-bond acceptors (Lipinski definition) is 3. The third kappa shape index (κ3) is 6.36. The molecule has 0 aliphatic rings. The molecule has 3 aromatic carbocycles. The van der Waals surface area contributed by atoms with Crippen molar-refractivity contribution in [3.8, 4) is 11.5 Å². The van der Waals surface area contributed by atoms with Crippen LogP contribution in [0.2, 0.25) is 0 Å². The minimum Gasteiger partial charge on any atom is -0.489 e. The zero-order chi connectivity index (χ0) is 21.3. The molecule has 1 N–H and O–H groups in total. The molecule has 0 radical (unpaired) electrons. The minimum absolute atomic E-state index is 0.0620. The lowest BCUT2D eigenvalue weighted by molar-refractivity contribution is -0.118. The van der Waals surface area contributed by atoms with Crippen molar-refractivity contribution < 1.29 is 14.3 Å². The van der Waals surface area contributed by atoms with E-state index in [1.807, 2.05) is 66.7 Å². The van der Waals surface area contributed by atoms with Crippen LogP contribution in [-0.2, 0) is 11.4 Å². The number of halogens is 1. The summed E-state index contributed by atoms with van der Waals surface area (Å²) in [5, 5.41) is 2.84. The van der Waals surface area contributed by atoms with Gasteiger partial charge >= 0.3 is 0 Å². The summed E-state index contributed by atoms with van der Waals surface area (Å²) in [6, 6.07) is 23.3. The second-order valence-corrected chi connectivity index (χ2v) is 7.99. The highest BCUT2D eigenvalue weighted by Gasteiger charge is 2.10. The molecular weight excluding hydrogens is 442 g/mol. The van der Waals surface area contributed by atoms with Crippen molar-refractivity contribution >= 4 is 27.5 Å². The molecule has 3 rings (SSSR count). The molecule has 0 fully saturated rings. The van der Waals surface area contributed by atoms with Crippen molar-refractivity contribution in [2.45, 2.75) is 32.8 Å². The van der Waals surface area contributed by atoms with E-state index in [9.17, 15) is 4.79 Å². The summed E-state index contributed by atoms with van der Waals surface area (Å²) >= 11 is 3.53. The fourth-order valence-electron chi connectivity index (χ4n) is 2.89. The molecule has 0 aromatic heterocycles. The molecule has 5 heteroatoms. The van der Waals surface area contributed by atoms with Crippen LogP contribution in [0.1, 0.15) is 37.3 Å². The van der Waals surface area contributed by atoms with Gasteiger partial charge in [0.25, 0.3) is 5.91 Å². The second-order valence-electron chi connectivity index (χ2n) is 7.13. The average molecular weight is 468 g/mol. The maximum Gasteiger partial charge on any atom is 0.262 e. The third-order valence-corrected chi connectivity index (χ3v) is 5.50. The van der Waals surface area contributed by atoms with Gasteiger partial charge in [0, 0.05) is 5.69 Å². The Bertz CT molecular complexity index is 958. The van der Waals surface area contributed by atoms with Gasteiger partial charge in [-0.15, -0.1) is 0 Å². The summed E-state index contributed by atoms with van der Waals surface area (Å²) in [5.41, 5.74) is 3.05. The van der Waals surface area contributed by atoms with Gasteiger partial charge in [0.1, 0.15) is 18.1 Å². The summed E-state index contributed by atoms with van der Waals surface area (Å²) in [6.45, 7) is 4.79. The van der Waals surface area contributed by atoms with E-state index in [1.165, 1.54) is 5.56 Å². The largest absolute Gasteiger partial charge is 0.489 e. The smallest absolute Gasteiger partial charge is 0.262 e. The Balaban J connectivity index is 1.48. The predicted octanol–water partition coefficient (Wildman–Crippen LogP) is 6.56. The molecule has 1 unspecified atom stereocenters. The van der Waals surface area contributed by atoms with E-state index in [-0.39, 0.29) is 12.5 Å². The lowest BCUT2D eigenvalue weighted by Crippen LogP contribution is -2.20. The van der Waals surface area contributed by atoms with Gasteiger partial charge in [-0.2, -0.15) is 0 Å². The highest BCUT2D eigenvalue weighted by molar-refractivity contribution is 9.10. The van der Waals surface area contributed by atoms with E-state index in [0.717, 1.165) is 22.2 Å². The van der Waals surface area contributed by atoms with Gasteiger partial charge in [0.2, 0.25) is 0 Å². The van der Waals surface area contributed by atoms with Gasteiger partial charge in [0.05, 0.1) is 4.47 Å². The molecule has 0 saturated carbocycles. The number of carbonyl (C=O) groups excluding carboxylic acids is 1. The van der Waals surface area contributed by atoms with Crippen LogP contribution in [-0.4, -0.2) is 12.5 Å². The normalized spacial score (nSPS) is 11.6. The molecule has 0 aliphatic heterocycles. The lowest BCUT2D eigenvalue weighted by Gasteiger charge is -2.13. The highest BCUT2D eigenvalue weighted by Crippen LogP contribution is 2.30. The van der Waals surface area contributed by atoms with Crippen LogP contribution in [0.25, 0.3) is 0 Å². The second kappa shape index (κ2) is 10.8. The van der Waals surface area contributed by atoms with Gasteiger partial charge in [-0.3, -0.25) is 4.79 Å². The Morgan fingerprint density at radius 3 is 2.40 bits per heavy atom. The SMILES string of the molecule is CCC(C)c1ccc(OCC(=O)Nc2ccc(OCc3ccccc3)cc2)c(Br)c1. The van der Waals surface area contributed by atoms with Crippen molar-refractivity contribution in [3.63, 3.8) is 0 Å². The van der Waals surface area contributed by atoms with Gasteiger partial charge in [-0.05, 0) is 75.8 Å². The predicted molar refractivity (Wildman–Crippen MR) is 124 cm³/mol. The Kier molecular flexibility index (Phi) is 7.91. The van der Waals surface area contributed by atoms with Gasteiger partial charge in [-0.1, -0.05) is 50.2 Å².